The van der Waals surface area contributed by atoms with E-state index < -0.39 is 9.84 Å². The minimum Gasteiger partial charge on any atom is -0.303 e. The number of likely N-dealkylation sites (N-methyl/N-ethyl adjacent to an activating group) is 1. The largest absolute Gasteiger partial charge is 0.303 e. The second-order valence-corrected chi connectivity index (χ2v) is 8.45. The molecule has 0 unspecified atom stereocenters. The van der Waals surface area contributed by atoms with E-state index in [4.69, 9.17) is 0 Å². The van der Waals surface area contributed by atoms with E-state index in [9.17, 15) is 8.42 Å². The molecule has 0 atom stereocenters. The lowest BCUT2D eigenvalue weighted by atomic mass is 10.0. The maximum atomic E-state index is 11.4. The fraction of sp³-hybridized carbons (Fsp3) is 0.769. The van der Waals surface area contributed by atoms with E-state index in [1.165, 1.54) is 5.01 Å². The van der Waals surface area contributed by atoms with Gasteiger partial charge in [-0.2, -0.15) is 0 Å². The second-order valence-electron chi connectivity index (χ2n) is 5.16. The average Bonchev–Trinajstić information content (AvgIpc) is 2.89. The smallest absolute Gasteiger partial charge is 0.150 e. The molecule has 0 N–H and O–H groups in total. The van der Waals surface area contributed by atoms with Crippen LogP contribution in [0, 0.1) is 5.92 Å². The summed E-state index contributed by atoms with van der Waals surface area (Å²) in [6.45, 7) is 5.24. The number of nitrogens with zero attached hydrogens (tertiary/aromatic N) is 2. The minimum atomic E-state index is -2.73. The van der Waals surface area contributed by atoms with Crippen molar-refractivity contribution in [1.29, 1.82) is 0 Å². The predicted molar refractivity (Wildman–Crippen MR) is 79.3 cm³/mol. The van der Waals surface area contributed by atoms with Gasteiger partial charge < -0.3 is 4.90 Å². The molecule has 0 bridgehead atoms. The highest BCUT2D eigenvalue weighted by atomic mass is 32.2. The van der Waals surface area contributed by atoms with Crippen LogP contribution < -0.4 is 0 Å². The van der Waals surface area contributed by atoms with Crippen molar-refractivity contribution in [2.45, 2.75) is 26.2 Å². The van der Waals surface area contributed by atoms with E-state index in [0.29, 0.717) is 17.4 Å². The molecule has 0 amide bonds. The summed E-state index contributed by atoms with van der Waals surface area (Å²) < 4.78 is 22.8. The van der Waals surface area contributed by atoms with E-state index >= 15 is 0 Å². The molecule has 1 fully saturated rings. The fourth-order valence-corrected chi connectivity index (χ4v) is 4.69. The summed E-state index contributed by atoms with van der Waals surface area (Å²) in [4.78, 5) is 6.72. The Morgan fingerprint density at radius 2 is 2.16 bits per heavy atom. The Balaban J connectivity index is 1.76. The first kappa shape index (κ1) is 14.9. The number of thiazole rings is 1. The van der Waals surface area contributed by atoms with Gasteiger partial charge in [0.25, 0.3) is 0 Å². The first-order valence-electron chi connectivity index (χ1n) is 6.90. The lowest BCUT2D eigenvalue weighted by Gasteiger charge is -2.28. The van der Waals surface area contributed by atoms with Gasteiger partial charge in [0, 0.05) is 31.1 Å². The van der Waals surface area contributed by atoms with Crippen LogP contribution >= 0.6 is 11.3 Å². The first-order valence-corrected chi connectivity index (χ1v) is 9.60. The third-order valence-electron chi connectivity index (χ3n) is 3.76. The molecule has 0 aliphatic carbocycles. The van der Waals surface area contributed by atoms with Gasteiger partial charge in [-0.3, -0.25) is 0 Å². The van der Waals surface area contributed by atoms with Crippen LogP contribution in [-0.2, 0) is 16.3 Å². The molecule has 108 valence electrons. The van der Waals surface area contributed by atoms with Gasteiger partial charge in [-0.05, 0) is 25.3 Å². The molecule has 1 aromatic heterocycles. The third kappa shape index (κ3) is 4.85. The lowest BCUT2D eigenvalue weighted by molar-refractivity contribution is 0.234. The SMILES string of the molecule is CCN(CCc1nccs1)CC1CCS(=O)(=O)CC1. The van der Waals surface area contributed by atoms with Crippen molar-refractivity contribution < 1.29 is 8.42 Å². The van der Waals surface area contributed by atoms with Crippen LogP contribution in [-0.4, -0.2) is 49.4 Å². The van der Waals surface area contributed by atoms with E-state index in [0.717, 1.165) is 38.9 Å². The monoisotopic (exact) mass is 302 g/mol. The molecule has 2 rings (SSSR count). The quantitative estimate of drug-likeness (QED) is 0.804. The zero-order valence-corrected chi connectivity index (χ0v) is 13.0. The predicted octanol–water partition coefficient (Wildman–Crippen LogP) is 1.83. The molecule has 0 radical (unpaired) electrons. The molecule has 0 spiro atoms. The summed E-state index contributed by atoms with van der Waals surface area (Å²) >= 11 is 1.70. The molecule has 1 saturated heterocycles. The normalized spacial score (nSPS) is 19.9. The lowest BCUT2D eigenvalue weighted by Crippen LogP contribution is -2.35. The summed E-state index contributed by atoms with van der Waals surface area (Å²) in [6.07, 6.45) is 4.50. The van der Waals surface area contributed by atoms with Crippen LogP contribution in [0.1, 0.15) is 24.8 Å². The summed E-state index contributed by atoms with van der Waals surface area (Å²) in [5, 5.41) is 3.20. The van der Waals surface area contributed by atoms with Crippen LogP contribution in [0.4, 0.5) is 0 Å². The summed E-state index contributed by atoms with van der Waals surface area (Å²) in [7, 11) is -2.73. The molecule has 1 aliphatic rings. The minimum absolute atomic E-state index is 0.377. The zero-order valence-electron chi connectivity index (χ0n) is 11.4. The second kappa shape index (κ2) is 6.81. The molecular weight excluding hydrogens is 280 g/mol. The van der Waals surface area contributed by atoms with Gasteiger partial charge in [0.2, 0.25) is 0 Å². The Labute approximate surface area is 119 Å². The van der Waals surface area contributed by atoms with Crippen LogP contribution in [0.25, 0.3) is 0 Å². The first-order chi connectivity index (χ1) is 9.09. The zero-order chi connectivity index (χ0) is 13.7. The van der Waals surface area contributed by atoms with Crippen molar-refractivity contribution in [3.05, 3.63) is 16.6 Å². The van der Waals surface area contributed by atoms with Gasteiger partial charge in [-0.1, -0.05) is 6.92 Å². The molecule has 0 aromatic carbocycles. The van der Waals surface area contributed by atoms with Crippen LogP contribution in [0.15, 0.2) is 11.6 Å². The maximum absolute atomic E-state index is 11.4. The van der Waals surface area contributed by atoms with Crippen LogP contribution in [0.5, 0.6) is 0 Å². The van der Waals surface area contributed by atoms with Crippen molar-refractivity contribution in [1.82, 2.24) is 9.88 Å². The van der Waals surface area contributed by atoms with Crippen molar-refractivity contribution in [2.24, 2.45) is 5.92 Å². The molecule has 4 nitrogen and oxygen atoms in total. The van der Waals surface area contributed by atoms with Crippen LogP contribution in [0.3, 0.4) is 0 Å². The molecular formula is C13H22N2O2S2. The van der Waals surface area contributed by atoms with Crippen LogP contribution in [0.2, 0.25) is 0 Å². The Bertz CT molecular complexity index is 457. The van der Waals surface area contributed by atoms with E-state index in [-0.39, 0.29) is 0 Å². The van der Waals surface area contributed by atoms with Crippen molar-refractivity contribution in [2.75, 3.05) is 31.1 Å². The van der Waals surface area contributed by atoms with Crippen molar-refractivity contribution in [3.8, 4) is 0 Å². The Hall–Kier alpha value is -0.460. The molecule has 6 heteroatoms. The van der Waals surface area contributed by atoms with Gasteiger partial charge >= 0.3 is 0 Å². The Morgan fingerprint density at radius 3 is 2.74 bits per heavy atom. The molecule has 19 heavy (non-hydrogen) atoms. The standard InChI is InChI=1S/C13H22N2O2S2/c1-2-15(7-3-13-14-6-8-18-13)11-12-4-9-19(16,17)10-5-12/h6,8,12H,2-5,7,9-11H2,1H3. The van der Waals surface area contributed by atoms with Crippen molar-refractivity contribution >= 4 is 21.2 Å². The van der Waals surface area contributed by atoms with Crippen molar-refractivity contribution in [3.63, 3.8) is 0 Å². The van der Waals surface area contributed by atoms with Gasteiger partial charge in [0.15, 0.2) is 0 Å². The van der Waals surface area contributed by atoms with Gasteiger partial charge in [-0.25, -0.2) is 13.4 Å². The van der Waals surface area contributed by atoms with E-state index in [1.54, 1.807) is 11.3 Å². The highest BCUT2D eigenvalue weighted by Crippen LogP contribution is 2.20. The third-order valence-corrected chi connectivity index (χ3v) is 6.32. The van der Waals surface area contributed by atoms with E-state index in [2.05, 4.69) is 16.8 Å². The summed E-state index contributed by atoms with van der Waals surface area (Å²) in [5.74, 6) is 1.29. The highest BCUT2D eigenvalue weighted by molar-refractivity contribution is 7.91. The van der Waals surface area contributed by atoms with Gasteiger partial charge in [0.1, 0.15) is 9.84 Å². The number of aromatic nitrogens is 1. The topological polar surface area (TPSA) is 50.3 Å². The van der Waals surface area contributed by atoms with E-state index in [1.807, 2.05) is 11.6 Å². The number of hydrogen-bond acceptors (Lipinski definition) is 5. The Morgan fingerprint density at radius 1 is 1.42 bits per heavy atom. The summed E-state index contributed by atoms with van der Waals surface area (Å²) in [6, 6.07) is 0. The van der Waals surface area contributed by atoms with Gasteiger partial charge in [-0.15, -0.1) is 11.3 Å². The Kier molecular flexibility index (Phi) is 5.36. The summed E-state index contributed by atoms with van der Waals surface area (Å²) in [5.41, 5.74) is 0. The fourth-order valence-electron chi connectivity index (χ4n) is 2.50. The molecule has 2 heterocycles. The molecule has 1 aliphatic heterocycles. The number of hydrogen-bond donors (Lipinski definition) is 0. The molecule has 0 saturated carbocycles. The maximum Gasteiger partial charge on any atom is 0.150 e. The average molecular weight is 302 g/mol. The molecule has 1 aromatic rings. The number of sulfone groups is 1. The number of rotatable bonds is 6. The van der Waals surface area contributed by atoms with Gasteiger partial charge in [0.05, 0.1) is 16.5 Å². The highest BCUT2D eigenvalue weighted by Gasteiger charge is 2.24.